The Morgan fingerprint density at radius 1 is 1.42 bits per heavy atom. The fraction of sp³-hybridized carbons (Fsp3) is 0.400. The summed E-state index contributed by atoms with van der Waals surface area (Å²) < 4.78 is 7.68. The van der Waals surface area contributed by atoms with E-state index in [1.165, 1.54) is 12.8 Å². The first-order chi connectivity index (χ1) is 9.31. The van der Waals surface area contributed by atoms with Crippen LogP contribution in [0.5, 0.6) is 5.75 Å². The molecule has 1 fully saturated rings. The number of hydrogen-bond acceptors (Lipinski definition) is 3. The highest BCUT2D eigenvalue weighted by molar-refractivity contribution is 5.63. The van der Waals surface area contributed by atoms with E-state index in [1.54, 1.807) is 0 Å². The molecule has 1 aromatic carbocycles. The van der Waals surface area contributed by atoms with E-state index in [-0.39, 0.29) is 0 Å². The second-order valence-corrected chi connectivity index (χ2v) is 5.03. The highest BCUT2D eigenvalue weighted by Crippen LogP contribution is 2.23. The molecule has 1 aliphatic heterocycles. The van der Waals surface area contributed by atoms with Crippen LogP contribution in [0.25, 0.3) is 11.1 Å². The van der Waals surface area contributed by atoms with E-state index in [4.69, 9.17) is 4.74 Å². The summed E-state index contributed by atoms with van der Waals surface area (Å²) in [5.74, 6) is 0.926. The summed E-state index contributed by atoms with van der Waals surface area (Å²) in [4.78, 5) is 0. The van der Waals surface area contributed by atoms with Gasteiger partial charge in [-0.3, -0.25) is 4.68 Å². The summed E-state index contributed by atoms with van der Waals surface area (Å²) in [6, 6.07) is 8.69. The van der Waals surface area contributed by atoms with Crippen LogP contribution in [0.15, 0.2) is 36.7 Å². The number of hydrogen-bond donors (Lipinski definition) is 1. The van der Waals surface area contributed by atoms with Gasteiger partial charge in [-0.05, 0) is 37.1 Å². The summed E-state index contributed by atoms with van der Waals surface area (Å²) in [5.41, 5.74) is 2.26. The molecule has 0 bridgehead atoms. The van der Waals surface area contributed by atoms with Crippen LogP contribution in [0.1, 0.15) is 12.8 Å². The number of rotatable bonds is 4. The van der Waals surface area contributed by atoms with Gasteiger partial charge in [0.1, 0.15) is 12.4 Å². The van der Waals surface area contributed by atoms with Gasteiger partial charge >= 0.3 is 0 Å². The molecule has 19 heavy (non-hydrogen) atoms. The van der Waals surface area contributed by atoms with Gasteiger partial charge in [-0.1, -0.05) is 12.1 Å². The molecule has 1 atom stereocenters. The topological polar surface area (TPSA) is 39.1 Å². The van der Waals surface area contributed by atoms with E-state index < -0.39 is 0 Å². The van der Waals surface area contributed by atoms with E-state index in [2.05, 4.69) is 22.5 Å². The standard InChI is InChI=1S/C15H19N3O/c1-18-10-13(9-17-18)12-4-2-6-15(8-12)19-11-14-5-3-7-16-14/h2,4,6,8-10,14,16H,3,5,7,11H2,1H3/t14-/m0/s1. The van der Waals surface area contributed by atoms with E-state index >= 15 is 0 Å². The van der Waals surface area contributed by atoms with Crippen LogP contribution in [-0.4, -0.2) is 29.0 Å². The zero-order valence-corrected chi connectivity index (χ0v) is 11.2. The van der Waals surface area contributed by atoms with Gasteiger partial charge in [-0.25, -0.2) is 0 Å². The summed E-state index contributed by atoms with van der Waals surface area (Å²) >= 11 is 0. The highest BCUT2D eigenvalue weighted by Gasteiger charge is 2.14. The van der Waals surface area contributed by atoms with Crippen molar-refractivity contribution in [3.05, 3.63) is 36.7 Å². The smallest absolute Gasteiger partial charge is 0.119 e. The van der Waals surface area contributed by atoms with E-state index in [9.17, 15) is 0 Å². The summed E-state index contributed by atoms with van der Waals surface area (Å²) in [6.07, 6.45) is 6.35. The van der Waals surface area contributed by atoms with Crippen molar-refractivity contribution in [2.75, 3.05) is 13.2 Å². The lowest BCUT2D eigenvalue weighted by atomic mass is 10.1. The minimum atomic E-state index is 0.502. The fourth-order valence-electron chi connectivity index (χ4n) is 2.43. The van der Waals surface area contributed by atoms with Crippen LogP contribution < -0.4 is 10.1 Å². The third kappa shape index (κ3) is 2.96. The Kier molecular flexibility index (Phi) is 3.51. The first kappa shape index (κ1) is 12.2. The quantitative estimate of drug-likeness (QED) is 0.913. The van der Waals surface area contributed by atoms with Crippen LogP contribution in [-0.2, 0) is 7.05 Å². The minimum Gasteiger partial charge on any atom is -0.492 e. The predicted molar refractivity (Wildman–Crippen MR) is 75.2 cm³/mol. The average molecular weight is 257 g/mol. The van der Waals surface area contributed by atoms with Crippen molar-refractivity contribution in [1.29, 1.82) is 0 Å². The molecular weight excluding hydrogens is 238 g/mol. The van der Waals surface area contributed by atoms with Gasteiger partial charge in [0.05, 0.1) is 6.20 Å². The van der Waals surface area contributed by atoms with Gasteiger partial charge in [0, 0.05) is 24.8 Å². The van der Waals surface area contributed by atoms with Crippen molar-refractivity contribution in [2.45, 2.75) is 18.9 Å². The molecule has 1 saturated heterocycles. The molecule has 1 aliphatic rings. The van der Waals surface area contributed by atoms with E-state index in [1.807, 2.05) is 36.3 Å². The molecule has 0 unspecified atom stereocenters. The molecule has 0 amide bonds. The number of aromatic nitrogens is 2. The Bertz CT molecular complexity index is 544. The van der Waals surface area contributed by atoms with Crippen molar-refractivity contribution >= 4 is 0 Å². The lowest BCUT2D eigenvalue weighted by Gasteiger charge is -2.12. The number of benzene rings is 1. The Balaban J connectivity index is 1.69. The Hall–Kier alpha value is -1.81. The largest absolute Gasteiger partial charge is 0.492 e. The molecule has 100 valence electrons. The van der Waals surface area contributed by atoms with Crippen molar-refractivity contribution in [3.8, 4) is 16.9 Å². The van der Waals surface area contributed by atoms with Crippen molar-refractivity contribution in [3.63, 3.8) is 0 Å². The van der Waals surface area contributed by atoms with Crippen LogP contribution in [0.4, 0.5) is 0 Å². The van der Waals surface area contributed by atoms with E-state index in [0.29, 0.717) is 6.04 Å². The number of aryl methyl sites for hydroxylation is 1. The molecule has 0 spiro atoms. The zero-order chi connectivity index (χ0) is 13.1. The van der Waals surface area contributed by atoms with Gasteiger partial charge in [0.15, 0.2) is 0 Å². The first-order valence-corrected chi connectivity index (χ1v) is 6.76. The predicted octanol–water partition coefficient (Wildman–Crippen LogP) is 2.22. The molecule has 1 aromatic heterocycles. The minimum absolute atomic E-state index is 0.502. The average Bonchev–Trinajstić information content (AvgIpc) is 3.08. The molecule has 0 aliphatic carbocycles. The highest BCUT2D eigenvalue weighted by atomic mass is 16.5. The molecule has 0 radical (unpaired) electrons. The van der Waals surface area contributed by atoms with Crippen LogP contribution in [0.3, 0.4) is 0 Å². The van der Waals surface area contributed by atoms with Crippen LogP contribution in [0, 0.1) is 0 Å². The first-order valence-electron chi connectivity index (χ1n) is 6.76. The van der Waals surface area contributed by atoms with Crippen molar-refractivity contribution in [2.24, 2.45) is 7.05 Å². The lowest BCUT2D eigenvalue weighted by Crippen LogP contribution is -2.28. The second-order valence-electron chi connectivity index (χ2n) is 5.03. The SMILES string of the molecule is Cn1cc(-c2cccc(OC[C@@H]3CCCN3)c2)cn1. The number of nitrogens with one attached hydrogen (secondary N) is 1. The molecule has 2 aromatic rings. The fourth-order valence-corrected chi connectivity index (χ4v) is 2.43. The maximum Gasteiger partial charge on any atom is 0.119 e. The lowest BCUT2D eigenvalue weighted by molar-refractivity contribution is 0.277. The normalized spacial score (nSPS) is 18.7. The van der Waals surface area contributed by atoms with Gasteiger partial charge in [-0.15, -0.1) is 0 Å². The van der Waals surface area contributed by atoms with Crippen molar-refractivity contribution in [1.82, 2.24) is 15.1 Å². The van der Waals surface area contributed by atoms with Gasteiger partial charge < -0.3 is 10.1 Å². The second kappa shape index (κ2) is 5.45. The summed E-state index contributed by atoms with van der Waals surface area (Å²) in [5, 5.41) is 7.64. The van der Waals surface area contributed by atoms with Crippen LogP contribution in [0.2, 0.25) is 0 Å². The molecule has 4 nitrogen and oxygen atoms in total. The van der Waals surface area contributed by atoms with E-state index in [0.717, 1.165) is 30.0 Å². The molecular formula is C15H19N3O. The molecule has 1 N–H and O–H groups in total. The third-order valence-electron chi connectivity index (χ3n) is 3.49. The maximum atomic E-state index is 5.87. The van der Waals surface area contributed by atoms with Crippen LogP contribution >= 0.6 is 0 Å². The molecule has 0 saturated carbocycles. The van der Waals surface area contributed by atoms with Crippen molar-refractivity contribution < 1.29 is 4.74 Å². The monoisotopic (exact) mass is 257 g/mol. The summed E-state index contributed by atoms with van der Waals surface area (Å²) in [6.45, 7) is 1.86. The number of nitrogens with zero attached hydrogens (tertiary/aromatic N) is 2. The molecule has 2 heterocycles. The zero-order valence-electron chi connectivity index (χ0n) is 11.2. The third-order valence-corrected chi connectivity index (χ3v) is 3.49. The van der Waals surface area contributed by atoms with Gasteiger partial charge in [0.25, 0.3) is 0 Å². The molecule has 4 heteroatoms. The maximum absolute atomic E-state index is 5.87. The Morgan fingerprint density at radius 2 is 2.37 bits per heavy atom. The Morgan fingerprint density at radius 3 is 3.11 bits per heavy atom. The van der Waals surface area contributed by atoms with Gasteiger partial charge in [-0.2, -0.15) is 5.10 Å². The molecule has 3 rings (SSSR count). The number of ether oxygens (including phenoxy) is 1. The summed E-state index contributed by atoms with van der Waals surface area (Å²) in [7, 11) is 1.93. The van der Waals surface area contributed by atoms with Gasteiger partial charge in [0.2, 0.25) is 0 Å². The Labute approximate surface area is 113 Å².